The Morgan fingerprint density at radius 2 is 1.51 bits per heavy atom. The number of carbonyl (C=O) groups is 1. The van der Waals surface area contributed by atoms with Crippen LogP contribution in [0.4, 0.5) is 0 Å². The van der Waals surface area contributed by atoms with Gasteiger partial charge in [-0.2, -0.15) is 0 Å². The van der Waals surface area contributed by atoms with Crippen LogP contribution in [0.15, 0.2) is 72.8 Å². The predicted octanol–water partition coefficient (Wildman–Crippen LogP) is 7.09. The molecule has 0 atom stereocenters. The number of rotatable bonds is 13. The Balaban J connectivity index is 0.00000353. The molecule has 2 heterocycles. The fourth-order valence-corrected chi connectivity index (χ4v) is 6.23. The van der Waals surface area contributed by atoms with Gasteiger partial charge in [-0.15, -0.1) is 23.7 Å². The predicted molar refractivity (Wildman–Crippen MR) is 163 cm³/mol. The maximum atomic E-state index is 10.9. The lowest BCUT2D eigenvalue weighted by Gasteiger charge is -2.15. The Morgan fingerprint density at radius 1 is 0.846 bits per heavy atom. The second kappa shape index (κ2) is 14.4. The van der Waals surface area contributed by atoms with E-state index in [9.17, 15) is 4.79 Å². The van der Waals surface area contributed by atoms with Crippen molar-refractivity contribution in [1.29, 1.82) is 0 Å². The average molecular weight is 565 g/mol. The molecule has 1 aliphatic heterocycles. The number of hydrogen-bond donors (Lipinski definition) is 1. The van der Waals surface area contributed by atoms with Crippen molar-refractivity contribution < 1.29 is 14.3 Å². The van der Waals surface area contributed by atoms with Gasteiger partial charge in [-0.05, 0) is 110 Å². The van der Waals surface area contributed by atoms with Crippen LogP contribution in [-0.4, -0.2) is 43.7 Å². The van der Waals surface area contributed by atoms with Gasteiger partial charge in [-0.3, -0.25) is 9.69 Å². The van der Waals surface area contributed by atoms with Crippen LogP contribution in [0.3, 0.4) is 0 Å². The third kappa shape index (κ3) is 7.98. The maximum absolute atomic E-state index is 10.9. The first-order valence-electron chi connectivity index (χ1n) is 13.6. The van der Waals surface area contributed by atoms with Crippen LogP contribution < -0.4 is 15.2 Å². The third-order valence-corrected chi connectivity index (χ3v) is 8.34. The molecule has 7 heteroatoms. The van der Waals surface area contributed by atoms with E-state index < -0.39 is 0 Å². The van der Waals surface area contributed by atoms with Crippen LogP contribution in [0.2, 0.25) is 0 Å². The summed E-state index contributed by atoms with van der Waals surface area (Å²) in [6.07, 6.45) is 5.46. The van der Waals surface area contributed by atoms with Crippen LogP contribution in [0.5, 0.6) is 11.5 Å². The van der Waals surface area contributed by atoms with Crippen LogP contribution >= 0.6 is 23.7 Å². The van der Waals surface area contributed by atoms with E-state index in [4.69, 9.17) is 15.2 Å². The van der Waals surface area contributed by atoms with E-state index in [2.05, 4.69) is 65.6 Å². The molecule has 3 aromatic carbocycles. The third-order valence-electron chi connectivity index (χ3n) is 7.08. The molecule has 39 heavy (non-hydrogen) atoms. The number of nitrogens with zero attached hydrogens (tertiary/aromatic N) is 1. The Bertz CT molecular complexity index is 1330. The quantitative estimate of drug-likeness (QED) is 0.176. The number of fused-ring (bicyclic) bond motifs is 1. The lowest BCUT2D eigenvalue weighted by Crippen LogP contribution is -2.25. The molecule has 1 aromatic heterocycles. The van der Waals surface area contributed by atoms with E-state index >= 15 is 0 Å². The first-order chi connectivity index (χ1) is 18.7. The van der Waals surface area contributed by atoms with E-state index in [1.807, 2.05) is 23.5 Å². The van der Waals surface area contributed by atoms with Gasteiger partial charge in [-0.25, -0.2) is 0 Å². The molecule has 2 N–H and O–H groups in total. The first-order valence-corrected chi connectivity index (χ1v) is 14.4. The standard InChI is InChI=1S/C32H36N2O3S.ClH/c33-31(35)9-3-6-21-36-26-14-10-24(11-15-26)23-29-28-7-1-2-8-30(28)38-32(29)25-12-16-27(17-13-25)37-22-20-34-18-4-5-19-34;/h1-2,7-8,10-17H,3-6,9,18-23H2,(H2,33,35);1H. The van der Waals surface area contributed by atoms with Gasteiger partial charge in [0, 0.05) is 22.5 Å². The smallest absolute Gasteiger partial charge is 0.217 e. The molecule has 5 nitrogen and oxygen atoms in total. The van der Waals surface area contributed by atoms with Crippen LogP contribution in [-0.2, 0) is 11.2 Å². The lowest BCUT2D eigenvalue weighted by atomic mass is 9.99. The molecule has 5 rings (SSSR count). The van der Waals surface area contributed by atoms with Crippen molar-refractivity contribution in [2.45, 2.75) is 38.5 Å². The first kappa shape index (κ1) is 28.9. The summed E-state index contributed by atoms with van der Waals surface area (Å²) in [6.45, 7) is 4.72. The maximum Gasteiger partial charge on any atom is 0.217 e. The minimum atomic E-state index is -0.258. The number of unbranched alkanes of at least 4 members (excludes halogenated alkanes) is 1. The highest BCUT2D eigenvalue weighted by atomic mass is 35.5. The number of nitrogens with two attached hydrogens (primary N) is 1. The summed E-state index contributed by atoms with van der Waals surface area (Å²) in [5.74, 6) is 1.52. The minimum Gasteiger partial charge on any atom is -0.494 e. The van der Waals surface area contributed by atoms with Crippen molar-refractivity contribution in [3.63, 3.8) is 0 Å². The van der Waals surface area contributed by atoms with E-state index in [1.165, 1.54) is 57.6 Å². The number of amides is 1. The SMILES string of the molecule is Cl.NC(=O)CCCCOc1ccc(Cc2c(-c3ccc(OCCN4CCCC4)cc3)sc3ccccc23)cc1. The second-order valence-electron chi connectivity index (χ2n) is 9.92. The summed E-state index contributed by atoms with van der Waals surface area (Å²) in [7, 11) is 0. The number of hydrogen-bond acceptors (Lipinski definition) is 5. The normalized spacial score (nSPS) is 13.3. The topological polar surface area (TPSA) is 64.8 Å². The molecule has 0 unspecified atom stereocenters. The molecule has 0 saturated carbocycles. The van der Waals surface area contributed by atoms with Crippen LogP contribution in [0.1, 0.15) is 43.2 Å². The van der Waals surface area contributed by atoms with Gasteiger partial charge in [0.2, 0.25) is 5.91 Å². The molecule has 0 spiro atoms. The Morgan fingerprint density at radius 3 is 2.23 bits per heavy atom. The number of carbonyl (C=O) groups excluding carboxylic acids is 1. The van der Waals surface area contributed by atoms with E-state index in [1.54, 1.807) is 0 Å². The lowest BCUT2D eigenvalue weighted by molar-refractivity contribution is -0.118. The Kier molecular flexibility index (Phi) is 10.7. The molecule has 1 amide bonds. The summed E-state index contributed by atoms with van der Waals surface area (Å²) in [5, 5.41) is 1.31. The molecule has 0 aliphatic carbocycles. The van der Waals surface area contributed by atoms with Gasteiger partial charge in [0.05, 0.1) is 6.61 Å². The zero-order valence-electron chi connectivity index (χ0n) is 22.3. The van der Waals surface area contributed by atoms with Crippen molar-refractivity contribution in [3.05, 3.63) is 83.9 Å². The minimum absolute atomic E-state index is 0. The molecule has 1 fully saturated rings. The highest BCUT2D eigenvalue weighted by molar-refractivity contribution is 7.22. The monoisotopic (exact) mass is 564 g/mol. The summed E-state index contributed by atoms with van der Waals surface area (Å²) < 4.78 is 13.2. The van der Waals surface area contributed by atoms with Gasteiger partial charge in [0.1, 0.15) is 18.1 Å². The van der Waals surface area contributed by atoms with Gasteiger partial charge in [-0.1, -0.05) is 30.3 Å². The highest BCUT2D eigenvalue weighted by Gasteiger charge is 2.15. The van der Waals surface area contributed by atoms with E-state index in [0.717, 1.165) is 43.9 Å². The van der Waals surface area contributed by atoms with Crippen molar-refractivity contribution in [3.8, 4) is 21.9 Å². The zero-order valence-corrected chi connectivity index (χ0v) is 23.9. The molecule has 4 aromatic rings. The van der Waals surface area contributed by atoms with Crippen LogP contribution in [0.25, 0.3) is 20.5 Å². The van der Waals surface area contributed by atoms with Gasteiger partial charge in [0.15, 0.2) is 0 Å². The average Bonchev–Trinajstić information content (AvgIpc) is 3.58. The fraction of sp³-hybridized carbons (Fsp3) is 0.344. The number of ether oxygens (including phenoxy) is 2. The molecule has 1 saturated heterocycles. The number of primary amides is 1. The van der Waals surface area contributed by atoms with E-state index in [-0.39, 0.29) is 18.3 Å². The van der Waals surface area contributed by atoms with Gasteiger partial charge >= 0.3 is 0 Å². The van der Waals surface area contributed by atoms with Crippen LogP contribution in [0, 0.1) is 0 Å². The molecule has 206 valence electrons. The molecule has 0 bridgehead atoms. The van der Waals surface area contributed by atoms with Gasteiger partial charge in [0.25, 0.3) is 0 Å². The number of halogens is 1. The molecular weight excluding hydrogens is 528 g/mol. The van der Waals surface area contributed by atoms with Gasteiger partial charge < -0.3 is 15.2 Å². The molecular formula is C32H37ClN2O3S. The number of thiophene rings is 1. The zero-order chi connectivity index (χ0) is 26.2. The van der Waals surface area contributed by atoms with Crippen molar-refractivity contribution >= 4 is 39.7 Å². The summed E-state index contributed by atoms with van der Waals surface area (Å²) in [4.78, 5) is 14.7. The van der Waals surface area contributed by atoms with Crippen molar-refractivity contribution in [2.24, 2.45) is 5.73 Å². The Labute approximate surface area is 241 Å². The van der Waals surface area contributed by atoms with E-state index in [0.29, 0.717) is 13.0 Å². The highest BCUT2D eigenvalue weighted by Crippen LogP contribution is 2.40. The summed E-state index contributed by atoms with van der Waals surface area (Å²) >= 11 is 1.85. The second-order valence-corrected chi connectivity index (χ2v) is 11.0. The molecule has 1 aliphatic rings. The van der Waals surface area contributed by atoms with Crippen molar-refractivity contribution in [2.75, 3.05) is 32.8 Å². The van der Waals surface area contributed by atoms with Crippen molar-refractivity contribution in [1.82, 2.24) is 4.90 Å². The summed E-state index contributed by atoms with van der Waals surface area (Å²) in [5.41, 5.74) is 9.03. The largest absolute Gasteiger partial charge is 0.494 e. The fourth-order valence-electron chi connectivity index (χ4n) is 5.01. The Hall–Kier alpha value is -3.06. The molecule has 0 radical (unpaired) electrons. The number of benzene rings is 3. The summed E-state index contributed by atoms with van der Waals surface area (Å²) in [6, 6.07) is 25.6. The number of likely N-dealkylation sites (tertiary alicyclic amines) is 1.